The average Bonchev–Trinajstić information content (AvgIpc) is 2.52. The Bertz CT molecular complexity index is 350. The minimum absolute atomic E-state index is 0.0251. The first kappa shape index (κ1) is 8.42. The molecule has 1 aliphatic carbocycles. The van der Waals surface area contributed by atoms with Crippen molar-refractivity contribution in [2.75, 3.05) is 13.1 Å². The summed E-state index contributed by atoms with van der Waals surface area (Å²) in [4.78, 5) is 0. The van der Waals surface area contributed by atoms with Gasteiger partial charge >= 0.3 is 0 Å². The predicted octanol–water partition coefficient (Wildman–Crippen LogP) is 2.15. The van der Waals surface area contributed by atoms with Crippen molar-refractivity contribution >= 4 is 0 Å². The third-order valence-electron chi connectivity index (χ3n) is 3.77. The van der Waals surface area contributed by atoms with Gasteiger partial charge in [0.05, 0.1) is 0 Å². The van der Waals surface area contributed by atoms with E-state index in [0.717, 1.165) is 24.6 Å². The van der Waals surface area contributed by atoms with Gasteiger partial charge in [0.25, 0.3) is 0 Å². The van der Waals surface area contributed by atoms with Gasteiger partial charge in [0.15, 0.2) is 0 Å². The summed E-state index contributed by atoms with van der Waals surface area (Å²) in [5.41, 5.74) is 0.928. The molecule has 2 fully saturated rings. The molecule has 1 heterocycles. The van der Waals surface area contributed by atoms with E-state index in [0.29, 0.717) is 11.8 Å². The highest BCUT2D eigenvalue weighted by Gasteiger charge is 2.45. The molecule has 2 aliphatic rings. The number of fused-ring (bicyclic) bond motifs is 1. The lowest BCUT2D eigenvalue weighted by molar-refractivity contribution is 0.187. The summed E-state index contributed by atoms with van der Waals surface area (Å²) >= 11 is 0. The van der Waals surface area contributed by atoms with Crippen molar-refractivity contribution in [1.29, 1.82) is 0 Å². The molecule has 1 N–H and O–H groups in total. The second-order valence-corrected chi connectivity index (χ2v) is 4.45. The van der Waals surface area contributed by atoms with E-state index in [1.165, 1.54) is 6.42 Å². The monoisotopic (exact) mass is 191 g/mol. The molecule has 14 heavy (non-hydrogen) atoms. The van der Waals surface area contributed by atoms with Crippen LogP contribution in [-0.4, -0.2) is 13.1 Å². The molecule has 0 radical (unpaired) electrons. The first-order chi connectivity index (χ1) is 6.86. The van der Waals surface area contributed by atoms with Gasteiger partial charge in [0, 0.05) is 0 Å². The summed E-state index contributed by atoms with van der Waals surface area (Å²) in [7, 11) is 0. The van der Waals surface area contributed by atoms with Crippen molar-refractivity contribution in [2.45, 2.75) is 12.3 Å². The molecular formula is C12H14FN. The van der Waals surface area contributed by atoms with Gasteiger partial charge in [-0.1, -0.05) is 18.2 Å². The number of halogens is 1. The maximum Gasteiger partial charge on any atom is 0.126 e. The molecule has 3 atom stereocenters. The average molecular weight is 191 g/mol. The Morgan fingerprint density at radius 3 is 2.86 bits per heavy atom. The zero-order valence-corrected chi connectivity index (χ0v) is 8.04. The van der Waals surface area contributed by atoms with Crippen molar-refractivity contribution in [3.05, 3.63) is 35.6 Å². The fourth-order valence-corrected chi connectivity index (χ4v) is 2.92. The number of hydrogen-bond acceptors (Lipinski definition) is 1. The fourth-order valence-electron chi connectivity index (χ4n) is 2.92. The maximum absolute atomic E-state index is 13.5. The summed E-state index contributed by atoms with van der Waals surface area (Å²) in [5, 5.41) is 3.38. The molecule has 0 spiro atoms. The van der Waals surface area contributed by atoms with Crippen LogP contribution < -0.4 is 5.32 Å². The Balaban J connectivity index is 1.87. The first-order valence-corrected chi connectivity index (χ1v) is 5.31. The molecule has 3 rings (SSSR count). The topological polar surface area (TPSA) is 12.0 Å². The molecule has 1 aromatic rings. The third-order valence-corrected chi connectivity index (χ3v) is 3.77. The number of hydrogen-bond donors (Lipinski definition) is 1. The maximum atomic E-state index is 13.5. The minimum Gasteiger partial charge on any atom is -0.316 e. The molecule has 0 bridgehead atoms. The largest absolute Gasteiger partial charge is 0.316 e. The summed E-state index contributed by atoms with van der Waals surface area (Å²) in [6, 6.07) is 7.22. The van der Waals surface area contributed by atoms with E-state index in [1.807, 2.05) is 12.1 Å². The second-order valence-electron chi connectivity index (χ2n) is 4.45. The first-order valence-electron chi connectivity index (χ1n) is 5.31. The Labute approximate surface area is 83.3 Å². The second kappa shape index (κ2) is 3.06. The van der Waals surface area contributed by atoms with Crippen LogP contribution in [0.3, 0.4) is 0 Å². The van der Waals surface area contributed by atoms with Crippen LogP contribution >= 0.6 is 0 Å². The van der Waals surface area contributed by atoms with Crippen LogP contribution in [0.5, 0.6) is 0 Å². The van der Waals surface area contributed by atoms with Crippen LogP contribution in [0, 0.1) is 17.7 Å². The van der Waals surface area contributed by atoms with Crippen LogP contribution in [0.2, 0.25) is 0 Å². The van der Waals surface area contributed by atoms with E-state index in [9.17, 15) is 4.39 Å². The molecule has 2 heteroatoms. The van der Waals surface area contributed by atoms with E-state index in [4.69, 9.17) is 0 Å². The Morgan fingerprint density at radius 1 is 1.21 bits per heavy atom. The van der Waals surface area contributed by atoms with Gasteiger partial charge in [0.2, 0.25) is 0 Å². The van der Waals surface area contributed by atoms with E-state index < -0.39 is 0 Å². The van der Waals surface area contributed by atoms with E-state index in [1.54, 1.807) is 12.1 Å². The zero-order valence-electron chi connectivity index (χ0n) is 8.04. The fraction of sp³-hybridized carbons (Fsp3) is 0.500. The highest BCUT2D eigenvalue weighted by atomic mass is 19.1. The van der Waals surface area contributed by atoms with Crippen molar-refractivity contribution in [1.82, 2.24) is 5.32 Å². The van der Waals surface area contributed by atoms with Crippen molar-refractivity contribution in [3.8, 4) is 0 Å². The molecule has 74 valence electrons. The van der Waals surface area contributed by atoms with Gasteiger partial charge in [-0.2, -0.15) is 0 Å². The molecule has 1 saturated heterocycles. The van der Waals surface area contributed by atoms with Gasteiger partial charge in [-0.05, 0) is 48.9 Å². The smallest absolute Gasteiger partial charge is 0.126 e. The lowest BCUT2D eigenvalue weighted by Crippen LogP contribution is -2.34. The normalized spacial score (nSPS) is 35.1. The van der Waals surface area contributed by atoms with Gasteiger partial charge in [-0.3, -0.25) is 0 Å². The van der Waals surface area contributed by atoms with Crippen LogP contribution in [0.4, 0.5) is 4.39 Å². The molecule has 1 aliphatic heterocycles. The number of nitrogens with one attached hydrogen (secondary N) is 1. The highest BCUT2D eigenvalue weighted by molar-refractivity contribution is 5.26. The van der Waals surface area contributed by atoms with Crippen molar-refractivity contribution in [3.63, 3.8) is 0 Å². The lowest BCUT2D eigenvalue weighted by atomic mass is 9.64. The SMILES string of the molecule is Fc1ccccc1[C@@H]1C[C@@H]2CNC[C@@H]21. The Hall–Kier alpha value is -0.890. The van der Waals surface area contributed by atoms with Gasteiger partial charge < -0.3 is 5.32 Å². The quantitative estimate of drug-likeness (QED) is 0.717. The molecule has 1 nitrogen and oxygen atoms in total. The Kier molecular flexibility index (Phi) is 1.84. The lowest BCUT2D eigenvalue weighted by Gasteiger charge is -2.40. The van der Waals surface area contributed by atoms with E-state index >= 15 is 0 Å². The zero-order chi connectivity index (χ0) is 9.54. The van der Waals surface area contributed by atoms with Crippen LogP contribution in [0.15, 0.2) is 24.3 Å². The summed E-state index contributed by atoms with van der Waals surface area (Å²) in [6.07, 6.45) is 1.17. The molecule has 1 aromatic carbocycles. The van der Waals surface area contributed by atoms with Gasteiger partial charge in [-0.15, -0.1) is 0 Å². The predicted molar refractivity (Wildman–Crippen MR) is 53.6 cm³/mol. The standard InChI is InChI=1S/C12H14FN/c13-12-4-2-1-3-9(12)10-5-8-6-14-7-11(8)10/h1-4,8,10-11,14H,5-7H2/t8-,10+,11+/m1/s1. The van der Waals surface area contributed by atoms with Gasteiger partial charge in [-0.25, -0.2) is 4.39 Å². The molecule has 1 saturated carbocycles. The van der Waals surface area contributed by atoms with Crippen LogP contribution in [-0.2, 0) is 0 Å². The summed E-state index contributed by atoms with van der Waals surface area (Å²) < 4.78 is 13.5. The number of benzene rings is 1. The van der Waals surface area contributed by atoms with Crippen LogP contribution in [0.25, 0.3) is 0 Å². The Morgan fingerprint density at radius 2 is 2.07 bits per heavy atom. The molecule has 0 unspecified atom stereocenters. The minimum atomic E-state index is -0.0251. The van der Waals surface area contributed by atoms with E-state index in [2.05, 4.69) is 5.32 Å². The van der Waals surface area contributed by atoms with E-state index in [-0.39, 0.29) is 5.82 Å². The molecule has 0 amide bonds. The molecule has 0 aromatic heterocycles. The number of rotatable bonds is 1. The highest BCUT2D eigenvalue weighted by Crippen LogP contribution is 2.49. The van der Waals surface area contributed by atoms with Gasteiger partial charge in [0.1, 0.15) is 5.82 Å². The summed E-state index contributed by atoms with van der Waals surface area (Å²) in [5.74, 6) is 1.94. The third kappa shape index (κ3) is 1.10. The van der Waals surface area contributed by atoms with Crippen molar-refractivity contribution in [2.24, 2.45) is 11.8 Å². The summed E-state index contributed by atoms with van der Waals surface area (Å²) in [6.45, 7) is 2.21. The van der Waals surface area contributed by atoms with Crippen LogP contribution in [0.1, 0.15) is 17.9 Å². The van der Waals surface area contributed by atoms with Crippen molar-refractivity contribution < 1.29 is 4.39 Å². The molecular weight excluding hydrogens is 177 g/mol.